The summed E-state index contributed by atoms with van der Waals surface area (Å²) < 4.78 is 0. The van der Waals surface area contributed by atoms with Gasteiger partial charge in [-0.05, 0) is 73.4 Å². The fraction of sp³-hybridized carbons (Fsp3) is 0.231. The van der Waals surface area contributed by atoms with Crippen LogP contribution in [-0.4, -0.2) is 23.9 Å². The molecule has 2 atom stereocenters. The van der Waals surface area contributed by atoms with Crippen LogP contribution in [0.3, 0.4) is 0 Å². The number of carbonyl (C=O) groups is 2. The van der Waals surface area contributed by atoms with Gasteiger partial charge in [-0.1, -0.05) is 41.9 Å². The van der Waals surface area contributed by atoms with Crippen molar-refractivity contribution in [2.75, 3.05) is 22.1 Å². The molecule has 176 valence electrons. The van der Waals surface area contributed by atoms with E-state index < -0.39 is 12.1 Å². The normalized spacial score (nSPS) is 16.1. The number of aryl methyl sites for hydroxylation is 1. The van der Waals surface area contributed by atoms with Crippen LogP contribution in [0.15, 0.2) is 72.8 Å². The number of halogens is 1. The third kappa shape index (κ3) is 5.85. The van der Waals surface area contributed by atoms with Crippen molar-refractivity contribution in [3.63, 3.8) is 0 Å². The number of amides is 3. The van der Waals surface area contributed by atoms with Crippen molar-refractivity contribution in [2.45, 2.75) is 31.2 Å². The third-order valence-electron chi connectivity index (χ3n) is 5.77. The second-order valence-corrected chi connectivity index (χ2v) is 9.29. The fourth-order valence-electron chi connectivity index (χ4n) is 4.08. The molecule has 0 aromatic heterocycles. The van der Waals surface area contributed by atoms with Crippen molar-refractivity contribution < 1.29 is 9.59 Å². The van der Waals surface area contributed by atoms with E-state index in [2.05, 4.69) is 33.5 Å². The zero-order valence-corrected chi connectivity index (χ0v) is 20.4. The zero-order valence-electron chi connectivity index (χ0n) is 18.8. The largest absolute Gasteiger partial charge is 0.360 e. The molecule has 1 fully saturated rings. The number of anilines is 3. The maximum absolute atomic E-state index is 13.3. The highest BCUT2D eigenvalue weighted by atomic mass is 35.5. The fourth-order valence-corrected chi connectivity index (χ4v) is 4.63. The van der Waals surface area contributed by atoms with Gasteiger partial charge in [0.15, 0.2) is 0 Å². The molecule has 34 heavy (non-hydrogen) atoms. The van der Waals surface area contributed by atoms with Gasteiger partial charge in [0, 0.05) is 28.6 Å². The Balaban J connectivity index is 1.49. The first-order valence-corrected chi connectivity index (χ1v) is 12.0. The molecule has 6 nitrogen and oxygen atoms in total. The predicted octanol–water partition coefficient (Wildman–Crippen LogP) is 6.01. The molecule has 1 heterocycles. The maximum atomic E-state index is 13.3. The van der Waals surface area contributed by atoms with Gasteiger partial charge in [0.1, 0.15) is 6.04 Å². The van der Waals surface area contributed by atoms with Crippen molar-refractivity contribution in [3.8, 4) is 0 Å². The van der Waals surface area contributed by atoms with E-state index in [1.165, 1.54) is 0 Å². The number of carbonyl (C=O) groups excluding carboxylic acids is 2. The van der Waals surface area contributed by atoms with Gasteiger partial charge in [-0.25, -0.2) is 4.79 Å². The monoisotopic (exact) mass is 494 g/mol. The number of rotatable bonds is 6. The number of hydrogen-bond donors (Lipinski definition) is 4. The zero-order chi connectivity index (χ0) is 24.1. The van der Waals surface area contributed by atoms with E-state index in [1.54, 1.807) is 36.4 Å². The smallest absolute Gasteiger partial charge is 0.320 e. The van der Waals surface area contributed by atoms with Crippen molar-refractivity contribution in [2.24, 2.45) is 0 Å². The Kier molecular flexibility index (Phi) is 7.65. The van der Waals surface area contributed by atoms with Gasteiger partial charge in [0.05, 0.1) is 5.37 Å². The predicted molar refractivity (Wildman–Crippen MR) is 142 cm³/mol. The molecule has 1 aliphatic rings. The maximum Gasteiger partial charge on any atom is 0.320 e. The molecule has 1 unspecified atom stereocenters. The topological polar surface area (TPSA) is 73.5 Å². The number of thiol groups is 1. The summed E-state index contributed by atoms with van der Waals surface area (Å²) in [7, 11) is 0. The Morgan fingerprint density at radius 3 is 2.35 bits per heavy atom. The highest BCUT2D eigenvalue weighted by Crippen LogP contribution is 2.31. The molecule has 1 aliphatic heterocycles. The highest BCUT2D eigenvalue weighted by Gasteiger charge is 2.25. The van der Waals surface area contributed by atoms with E-state index in [1.807, 2.05) is 43.3 Å². The van der Waals surface area contributed by atoms with Crippen LogP contribution in [0.1, 0.15) is 30.0 Å². The summed E-state index contributed by atoms with van der Waals surface area (Å²) in [5, 5.41) is 9.25. The molecule has 3 amide bonds. The van der Waals surface area contributed by atoms with E-state index in [0.717, 1.165) is 30.6 Å². The van der Waals surface area contributed by atoms with Crippen LogP contribution >= 0.6 is 24.2 Å². The molecule has 3 N–H and O–H groups in total. The average Bonchev–Trinajstić information content (AvgIpc) is 3.25. The van der Waals surface area contributed by atoms with Gasteiger partial charge in [-0.15, -0.1) is 0 Å². The van der Waals surface area contributed by atoms with Crippen molar-refractivity contribution in [1.29, 1.82) is 0 Å². The van der Waals surface area contributed by atoms with Crippen molar-refractivity contribution in [1.82, 2.24) is 5.32 Å². The lowest BCUT2D eigenvalue weighted by Gasteiger charge is -2.25. The number of urea groups is 1. The molecule has 0 bridgehead atoms. The first-order chi connectivity index (χ1) is 16.4. The summed E-state index contributed by atoms with van der Waals surface area (Å²) in [6, 6.07) is 20.4. The van der Waals surface area contributed by atoms with Gasteiger partial charge < -0.3 is 20.9 Å². The second kappa shape index (κ2) is 10.8. The molecular weight excluding hydrogens is 468 g/mol. The van der Waals surface area contributed by atoms with E-state index >= 15 is 0 Å². The van der Waals surface area contributed by atoms with E-state index in [-0.39, 0.29) is 11.3 Å². The molecule has 4 rings (SSSR count). The van der Waals surface area contributed by atoms with Gasteiger partial charge >= 0.3 is 6.03 Å². The Morgan fingerprint density at radius 1 is 1.00 bits per heavy atom. The number of hydrogen-bond acceptors (Lipinski definition) is 4. The lowest BCUT2D eigenvalue weighted by Crippen LogP contribution is -2.39. The van der Waals surface area contributed by atoms with Crippen LogP contribution < -0.4 is 20.9 Å². The quantitative estimate of drug-likeness (QED) is 0.317. The summed E-state index contributed by atoms with van der Waals surface area (Å²) in [4.78, 5) is 28.2. The third-order valence-corrected chi connectivity index (χ3v) is 6.56. The summed E-state index contributed by atoms with van der Waals surface area (Å²) in [6.45, 7) is 3.00. The Hall–Kier alpha value is -3.16. The molecule has 3 aromatic carbocycles. The van der Waals surface area contributed by atoms with Crippen LogP contribution in [-0.2, 0) is 4.79 Å². The van der Waals surface area contributed by atoms with Crippen molar-refractivity contribution >= 4 is 53.2 Å². The highest BCUT2D eigenvalue weighted by molar-refractivity contribution is 7.81. The SMILES string of the molecule is Cc1cc(NC(=O)[C@H](NC(=O)Nc2ccc(Cl)cc2)c2ccccc2)ccc1N1CCCC1S. The molecule has 1 saturated heterocycles. The number of nitrogens with zero attached hydrogens (tertiary/aromatic N) is 1. The molecular formula is C26H27ClN4O2S. The molecule has 0 radical (unpaired) electrons. The van der Waals surface area contributed by atoms with Gasteiger partial charge in [0.2, 0.25) is 0 Å². The lowest BCUT2D eigenvalue weighted by atomic mass is 10.1. The van der Waals surface area contributed by atoms with E-state index in [9.17, 15) is 9.59 Å². The van der Waals surface area contributed by atoms with Gasteiger partial charge in [-0.2, -0.15) is 12.6 Å². The minimum atomic E-state index is -0.881. The van der Waals surface area contributed by atoms with Crippen molar-refractivity contribution in [3.05, 3.63) is 88.9 Å². The molecule has 3 aromatic rings. The number of nitrogens with one attached hydrogen (secondary N) is 3. The Bertz CT molecular complexity index is 1160. The average molecular weight is 495 g/mol. The summed E-state index contributed by atoms with van der Waals surface area (Å²) in [5.41, 5.74) is 4.10. The first-order valence-electron chi connectivity index (χ1n) is 11.1. The lowest BCUT2D eigenvalue weighted by molar-refractivity contribution is -0.118. The molecule has 0 saturated carbocycles. The van der Waals surface area contributed by atoms with Crippen LogP contribution in [0.25, 0.3) is 0 Å². The van der Waals surface area contributed by atoms with E-state index in [0.29, 0.717) is 22.0 Å². The Labute approximate surface area is 210 Å². The van der Waals surface area contributed by atoms with Crippen LogP contribution in [0, 0.1) is 6.92 Å². The molecule has 0 aliphatic carbocycles. The molecule has 0 spiro atoms. The summed E-state index contributed by atoms with van der Waals surface area (Å²) in [6.07, 6.45) is 2.18. The van der Waals surface area contributed by atoms with Crippen LogP contribution in [0.5, 0.6) is 0 Å². The summed E-state index contributed by atoms with van der Waals surface area (Å²) >= 11 is 10.6. The standard InChI is InChI=1S/C26H27ClN4O2S/c1-17-16-21(13-14-22(17)31-15-5-8-23(31)34)28-25(32)24(18-6-3-2-4-7-18)30-26(33)29-20-11-9-19(27)10-12-20/h2-4,6-7,9-14,16,23-24,34H,5,8,15H2,1H3,(H,28,32)(H2,29,30,33)/t23?,24-/m1/s1. The van der Waals surface area contributed by atoms with Gasteiger partial charge in [-0.3, -0.25) is 4.79 Å². The van der Waals surface area contributed by atoms with Gasteiger partial charge in [0.25, 0.3) is 5.91 Å². The van der Waals surface area contributed by atoms with Crippen LogP contribution in [0.2, 0.25) is 5.02 Å². The minimum absolute atomic E-state index is 0.213. The van der Waals surface area contributed by atoms with E-state index in [4.69, 9.17) is 11.6 Å². The number of benzene rings is 3. The first kappa shape index (κ1) is 24.0. The minimum Gasteiger partial charge on any atom is -0.360 e. The Morgan fingerprint density at radius 2 is 1.71 bits per heavy atom. The summed E-state index contributed by atoms with van der Waals surface area (Å²) in [5.74, 6) is -0.335. The second-order valence-electron chi connectivity index (χ2n) is 8.26. The van der Waals surface area contributed by atoms with Crippen LogP contribution in [0.4, 0.5) is 21.9 Å². The molecule has 8 heteroatoms.